The van der Waals surface area contributed by atoms with Crippen LogP contribution >= 0.6 is 0 Å². The minimum absolute atomic E-state index is 0.805. The number of nitrogen functional groups attached to an aromatic ring is 1. The minimum atomic E-state index is 0.805. The van der Waals surface area contributed by atoms with Gasteiger partial charge in [-0.2, -0.15) is 0 Å². The average Bonchev–Trinajstić information content (AvgIpc) is 2.32. The number of anilines is 1. The number of likely N-dealkylation sites (N-methyl/N-ethyl adjacent to an activating group) is 1. The molecule has 0 heterocycles. The standard InChI is InChI=1S/C14H24N2O/c1-3-17-12-11-16(2)10-4-5-13-6-8-14(15)9-7-13/h6-9H,3-5,10-12,15H2,1-2H3. The quantitative estimate of drug-likeness (QED) is 0.555. The third-order valence-corrected chi connectivity index (χ3v) is 2.81. The summed E-state index contributed by atoms with van der Waals surface area (Å²) in [4.78, 5) is 2.31. The molecule has 1 aromatic rings. The van der Waals surface area contributed by atoms with Crippen LogP contribution in [0.15, 0.2) is 24.3 Å². The number of hydrogen-bond acceptors (Lipinski definition) is 3. The van der Waals surface area contributed by atoms with Gasteiger partial charge in [-0.25, -0.2) is 0 Å². The number of ether oxygens (including phenoxy) is 1. The molecule has 0 aliphatic heterocycles. The lowest BCUT2D eigenvalue weighted by molar-refractivity contribution is 0.122. The topological polar surface area (TPSA) is 38.5 Å². The Bertz CT molecular complexity index is 298. The van der Waals surface area contributed by atoms with Crippen LogP contribution in [0.5, 0.6) is 0 Å². The van der Waals surface area contributed by atoms with Gasteiger partial charge in [0.1, 0.15) is 0 Å². The monoisotopic (exact) mass is 236 g/mol. The number of benzene rings is 1. The highest BCUT2D eigenvalue weighted by Gasteiger charge is 1.99. The van der Waals surface area contributed by atoms with Crippen LogP contribution in [-0.2, 0) is 11.2 Å². The Labute approximate surface area is 105 Å². The van der Waals surface area contributed by atoms with E-state index in [0.717, 1.165) is 38.4 Å². The Morgan fingerprint density at radius 3 is 2.53 bits per heavy atom. The van der Waals surface area contributed by atoms with Crippen molar-refractivity contribution >= 4 is 5.69 Å². The van der Waals surface area contributed by atoms with E-state index >= 15 is 0 Å². The van der Waals surface area contributed by atoms with Crippen molar-refractivity contribution in [3.8, 4) is 0 Å². The van der Waals surface area contributed by atoms with Crippen molar-refractivity contribution in [2.75, 3.05) is 39.1 Å². The molecule has 0 bridgehead atoms. The van der Waals surface area contributed by atoms with Gasteiger partial charge in [0.2, 0.25) is 0 Å². The highest BCUT2D eigenvalue weighted by atomic mass is 16.5. The van der Waals surface area contributed by atoms with Crippen molar-refractivity contribution in [3.63, 3.8) is 0 Å². The first-order valence-electron chi connectivity index (χ1n) is 6.33. The van der Waals surface area contributed by atoms with Gasteiger partial charge in [-0.3, -0.25) is 0 Å². The molecule has 3 heteroatoms. The molecule has 2 N–H and O–H groups in total. The molecular weight excluding hydrogens is 212 g/mol. The second-order valence-electron chi connectivity index (χ2n) is 4.35. The third kappa shape index (κ3) is 6.29. The Kier molecular flexibility index (Phi) is 6.67. The minimum Gasteiger partial charge on any atom is -0.399 e. The van der Waals surface area contributed by atoms with Gasteiger partial charge in [0, 0.05) is 18.8 Å². The van der Waals surface area contributed by atoms with Gasteiger partial charge in [0.05, 0.1) is 6.61 Å². The fourth-order valence-corrected chi connectivity index (χ4v) is 1.71. The van der Waals surface area contributed by atoms with Crippen molar-refractivity contribution in [2.45, 2.75) is 19.8 Å². The molecule has 17 heavy (non-hydrogen) atoms. The molecule has 0 unspecified atom stereocenters. The van der Waals surface area contributed by atoms with Crippen LogP contribution in [0.4, 0.5) is 5.69 Å². The molecule has 0 atom stereocenters. The highest BCUT2D eigenvalue weighted by Crippen LogP contribution is 2.07. The highest BCUT2D eigenvalue weighted by molar-refractivity contribution is 5.39. The van der Waals surface area contributed by atoms with Gasteiger partial charge in [-0.05, 0) is 51.1 Å². The van der Waals surface area contributed by atoms with Crippen molar-refractivity contribution in [1.29, 1.82) is 0 Å². The zero-order valence-electron chi connectivity index (χ0n) is 11.0. The molecule has 96 valence electrons. The summed E-state index contributed by atoms with van der Waals surface area (Å²) in [5, 5.41) is 0. The van der Waals surface area contributed by atoms with Crippen molar-refractivity contribution < 1.29 is 4.74 Å². The van der Waals surface area contributed by atoms with Gasteiger partial charge >= 0.3 is 0 Å². The molecule has 1 rings (SSSR count). The SMILES string of the molecule is CCOCCN(C)CCCc1ccc(N)cc1. The molecular formula is C14H24N2O. The second kappa shape index (κ2) is 8.09. The van der Waals surface area contributed by atoms with Crippen LogP contribution in [0.3, 0.4) is 0 Å². The number of hydrogen-bond donors (Lipinski definition) is 1. The van der Waals surface area contributed by atoms with Gasteiger partial charge < -0.3 is 15.4 Å². The largest absolute Gasteiger partial charge is 0.399 e. The van der Waals surface area contributed by atoms with Crippen molar-refractivity contribution in [3.05, 3.63) is 29.8 Å². The zero-order valence-corrected chi connectivity index (χ0v) is 11.0. The summed E-state index contributed by atoms with van der Waals surface area (Å²) in [6, 6.07) is 8.15. The Morgan fingerprint density at radius 1 is 1.18 bits per heavy atom. The smallest absolute Gasteiger partial charge is 0.0593 e. The van der Waals surface area contributed by atoms with E-state index in [2.05, 4.69) is 24.1 Å². The van der Waals surface area contributed by atoms with Crippen LogP contribution in [0, 0.1) is 0 Å². The summed E-state index contributed by atoms with van der Waals surface area (Å²) in [5.74, 6) is 0. The van der Waals surface area contributed by atoms with Crippen LogP contribution in [0.2, 0.25) is 0 Å². The average molecular weight is 236 g/mol. The number of nitrogens with two attached hydrogens (primary N) is 1. The lowest BCUT2D eigenvalue weighted by Crippen LogP contribution is -2.24. The summed E-state index contributed by atoms with van der Waals surface area (Å²) in [5.41, 5.74) is 7.84. The number of nitrogens with zero attached hydrogens (tertiary/aromatic N) is 1. The van der Waals surface area contributed by atoms with E-state index in [0.29, 0.717) is 0 Å². The fourth-order valence-electron chi connectivity index (χ4n) is 1.71. The predicted octanol–water partition coefficient (Wildman–Crippen LogP) is 2.17. The lowest BCUT2D eigenvalue weighted by Gasteiger charge is -2.16. The van der Waals surface area contributed by atoms with Crippen LogP contribution in [-0.4, -0.2) is 38.3 Å². The first kappa shape index (κ1) is 14.0. The molecule has 0 saturated heterocycles. The molecule has 3 nitrogen and oxygen atoms in total. The predicted molar refractivity (Wildman–Crippen MR) is 73.2 cm³/mol. The van der Waals surface area contributed by atoms with E-state index in [-0.39, 0.29) is 0 Å². The lowest BCUT2D eigenvalue weighted by atomic mass is 10.1. The van der Waals surface area contributed by atoms with Gasteiger partial charge in [-0.15, -0.1) is 0 Å². The van der Waals surface area contributed by atoms with E-state index in [9.17, 15) is 0 Å². The molecule has 0 saturated carbocycles. The normalized spacial score (nSPS) is 11.0. The maximum absolute atomic E-state index is 5.65. The van der Waals surface area contributed by atoms with Crippen LogP contribution in [0.25, 0.3) is 0 Å². The number of rotatable bonds is 8. The van der Waals surface area contributed by atoms with Crippen molar-refractivity contribution in [1.82, 2.24) is 4.90 Å². The van der Waals surface area contributed by atoms with E-state index in [1.165, 1.54) is 12.0 Å². The molecule has 0 aromatic heterocycles. The van der Waals surface area contributed by atoms with E-state index in [1.54, 1.807) is 0 Å². The second-order valence-corrected chi connectivity index (χ2v) is 4.35. The summed E-state index contributed by atoms with van der Waals surface area (Å²) in [6.45, 7) is 5.78. The molecule has 0 aliphatic rings. The molecule has 1 aromatic carbocycles. The van der Waals surface area contributed by atoms with Crippen molar-refractivity contribution in [2.24, 2.45) is 0 Å². The molecule has 0 fully saturated rings. The third-order valence-electron chi connectivity index (χ3n) is 2.81. The maximum Gasteiger partial charge on any atom is 0.0593 e. The first-order chi connectivity index (χ1) is 8.22. The molecule has 0 radical (unpaired) electrons. The molecule has 0 spiro atoms. The maximum atomic E-state index is 5.65. The van der Waals surface area contributed by atoms with Crippen LogP contribution in [0.1, 0.15) is 18.9 Å². The zero-order chi connectivity index (χ0) is 12.5. The van der Waals surface area contributed by atoms with E-state index in [1.807, 2.05) is 19.1 Å². The molecule has 0 aliphatic carbocycles. The van der Waals surface area contributed by atoms with Gasteiger partial charge in [-0.1, -0.05) is 12.1 Å². The van der Waals surface area contributed by atoms with E-state index in [4.69, 9.17) is 10.5 Å². The summed E-state index contributed by atoms with van der Waals surface area (Å²) in [6.07, 6.45) is 2.28. The summed E-state index contributed by atoms with van der Waals surface area (Å²) in [7, 11) is 2.14. The molecule has 0 amide bonds. The Hall–Kier alpha value is -1.06. The number of aryl methyl sites for hydroxylation is 1. The first-order valence-corrected chi connectivity index (χ1v) is 6.33. The van der Waals surface area contributed by atoms with Gasteiger partial charge in [0.15, 0.2) is 0 Å². The Balaban J connectivity index is 2.12. The fraction of sp³-hybridized carbons (Fsp3) is 0.571. The summed E-state index contributed by atoms with van der Waals surface area (Å²) >= 11 is 0. The van der Waals surface area contributed by atoms with Gasteiger partial charge in [0.25, 0.3) is 0 Å². The Morgan fingerprint density at radius 2 is 1.88 bits per heavy atom. The van der Waals surface area contributed by atoms with Crippen LogP contribution < -0.4 is 5.73 Å². The summed E-state index contributed by atoms with van der Waals surface area (Å²) < 4.78 is 5.33. The van der Waals surface area contributed by atoms with E-state index < -0.39 is 0 Å².